The lowest BCUT2D eigenvalue weighted by molar-refractivity contribution is -0.130. The van der Waals surface area contributed by atoms with E-state index in [1.165, 1.54) is 116 Å². The lowest BCUT2D eigenvalue weighted by Gasteiger charge is -2.46. The lowest BCUT2D eigenvalue weighted by atomic mass is 9.63. The molecular weight excluding hydrogens is 615 g/mol. The minimum absolute atomic E-state index is 0.0431. The predicted molar refractivity (Wildman–Crippen MR) is 195 cm³/mol. The van der Waals surface area contributed by atoms with Crippen LogP contribution in [0.5, 0.6) is 0 Å². The molecule has 5 nitrogen and oxygen atoms in total. The summed E-state index contributed by atoms with van der Waals surface area (Å²) in [6, 6.07) is 7.01. The van der Waals surface area contributed by atoms with Crippen LogP contribution >= 0.6 is 0 Å². The van der Waals surface area contributed by atoms with Crippen molar-refractivity contribution in [2.75, 3.05) is 0 Å². The van der Waals surface area contributed by atoms with Crippen LogP contribution in [0.1, 0.15) is 161 Å². The summed E-state index contributed by atoms with van der Waals surface area (Å²) in [7, 11) is 0. The number of ketones is 1. The van der Waals surface area contributed by atoms with Crippen molar-refractivity contribution in [1.82, 2.24) is 4.90 Å². The number of ether oxygens (including phenoxy) is 1. The first-order valence-corrected chi connectivity index (χ1v) is 22.4. The van der Waals surface area contributed by atoms with Gasteiger partial charge in [-0.1, -0.05) is 25.7 Å². The van der Waals surface area contributed by atoms with Gasteiger partial charge in [-0.3, -0.25) is 9.69 Å². The Labute approximate surface area is 304 Å². The maximum atomic E-state index is 14.1. The second-order valence-corrected chi connectivity index (χ2v) is 19.7. The number of rotatable bonds is 5. The molecule has 5 heteroatoms. The highest BCUT2D eigenvalue weighted by atomic mass is 16.5. The summed E-state index contributed by atoms with van der Waals surface area (Å²) in [5.74, 6) is 7.74. The Hall–Kier alpha value is -1.43. The molecule has 9 rings (SSSR count). The van der Waals surface area contributed by atoms with Crippen LogP contribution in [-0.2, 0) is 9.53 Å². The molecule has 2 saturated heterocycles. The number of carbonyl (C=O) groups excluding carboxylic acids is 1. The zero-order chi connectivity index (χ0) is 33.8. The molecule has 0 aromatic carbocycles. The van der Waals surface area contributed by atoms with Gasteiger partial charge in [0.2, 0.25) is 0 Å². The number of Topliss-reactive ketones (excluding diaryl/α,β-unsaturated/α-hetero) is 1. The summed E-state index contributed by atoms with van der Waals surface area (Å²) in [5.41, 5.74) is 0. The van der Waals surface area contributed by atoms with Gasteiger partial charge in [-0.15, -0.1) is 0 Å². The molecule has 9 aliphatic rings. The summed E-state index contributed by atoms with van der Waals surface area (Å²) < 4.78 is 7.13. The van der Waals surface area contributed by atoms with Crippen LogP contribution in [-0.4, -0.2) is 41.0 Å². The molecule has 9 fully saturated rings. The molecule has 11 atom stereocenters. The van der Waals surface area contributed by atoms with Gasteiger partial charge in [-0.05, 0) is 182 Å². The summed E-state index contributed by atoms with van der Waals surface area (Å²) in [6.07, 6.45) is 33.2. The normalized spacial score (nSPS) is 50.9. The fourth-order valence-electron chi connectivity index (χ4n) is 15.3. The topological polar surface area (TPSA) is 77.1 Å². The first-order valence-electron chi connectivity index (χ1n) is 22.4. The maximum absolute atomic E-state index is 14.1. The van der Waals surface area contributed by atoms with Gasteiger partial charge < -0.3 is 4.74 Å². The van der Waals surface area contributed by atoms with Crippen LogP contribution in [0, 0.1) is 93.7 Å². The van der Waals surface area contributed by atoms with E-state index in [1.54, 1.807) is 0 Å². The molecule has 0 radical (unpaired) electrons. The van der Waals surface area contributed by atoms with E-state index in [9.17, 15) is 15.3 Å². The zero-order valence-electron chi connectivity index (χ0n) is 31.2. The van der Waals surface area contributed by atoms with Gasteiger partial charge >= 0.3 is 0 Å². The Bertz CT molecular complexity index is 1280. The minimum Gasteiger partial charge on any atom is -0.373 e. The third kappa shape index (κ3) is 6.23. The van der Waals surface area contributed by atoms with Crippen molar-refractivity contribution < 1.29 is 9.53 Å². The zero-order valence-corrected chi connectivity index (χ0v) is 31.2. The highest BCUT2D eigenvalue weighted by Crippen LogP contribution is 2.58. The molecule has 11 unspecified atom stereocenters. The highest BCUT2D eigenvalue weighted by Gasteiger charge is 2.61. The summed E-state index contributed by atoms with van der Waals surface area (Å²) >= 11 is 0. The smallest absolute Gasteiger partial charge is 0.139 e. The van der Waals surface area contributed by atoms with Gasteiger partial charge in [-0.2, -0.15) is 10.5 Å². The number of hydrogen-bond acceptors (Lipinski definition) is 5. The van der Waals surface area contributed by atoms with Gasteiger partial charge in [0, 0.05) is 30.0 Å². The fourth-order valence-corrected chi connectivity index (χ4v) is 15.3. The Morgan fingerprint density at radius 1 is 0.520 bits per heavy atom. The SMILES string of the molecule is N#CC1CCC(C2CCC(C3CCC(C(=O)C4CCC(N5C6CCCCC6C6CCC7C8CCCCC8OC7C65)CC4)CC3)CC2)CC1C#N. The van der Waals surface area contributed by atoms with Crippen molar-refractivity contribution in [3.63, 3.8) is 0 Å². The van der Waals surface area contributed by atoms with Crippen molar-refractivity contribution in [2.24, 2.45) is 71.0 Å². The number of hydrogen-bond donors (Lipinski definition) is 0. The van der Waals surface area contributed by atoms with Crippen molar-refractivity contribution in [3.8, 4) is 12.1 Å². The number of fused-ring (bicyclic) bond motifs is 7. The largest absolute Gasteiger partial charge is 0.373 e. The lowest BCUT2D eigenvalue weighted by Crippen LogP contribution is -2.54. The molecule has 274 valence electrons. The number of carbonyl (C=O) groups is 1. The summed E-state index contributed by atoms with van der Waals surface area (Å²) in [5, 5.41) is 19.1. The number of likely N-dealkylation sites (tertiary alicyclic amines) is 1. The highest BCUT2D eigenvalue weighted by molar-refractivity contribution is 5.83. The number of nitrogens with zero attached hydrogens (tertiary/aromatic N) is 3. The van der Waals surface area contributed by atoms with Crippen LogP contribution in [0.4, 0.5) is 0 Å². The Balaban J connectivity index is 0.766. The van der Waals surface area contributed by atoms with E-state index < -0.39 is 0 Å². The molecule has 7 saturated carbocycles. The molecule has 0 spiro atoms. The Morgan fingerprint density at radius 3 is 1.78 bits per heavy atom. The monoisotopic (exact) mass is 682 g/mol. The van der Waals surface area contributed by atoms with Crippen molar-refractivity contribution in [2.45, 2.75) is 191 Å². The van der Waals surface area contributed by atoms with Crippen molar-refractivity contribution >= 4 is 5.78 Å². The molecule has 7 aliphatic carbocycles. The van der Waals surface area contributed by atoms with Crippen molar-refractivity contribution in [3.05, 3.63) is 0 Å². The average Bonchev–Trinajstić information content (AvgIpc) is 3.74. The quantitative estimate of drug-likeness (QED) is 0.289. The van der Waals surface area contributed by atoms with Crippen LogP contribution in [0.3, 0.4) is 0 Å². The second kappa shape index (κ2) is 14.8. The average molecular weight is 682 g/mol. The molecule has 0 aromatic rings. The molecule has 2 heterocycles. The van der Waals surface area contributed by atoms with E-state index in [1.807, 2.05) is 0 Å². The van der Waals surface area contributed by atoms with Gasteiger partial charge in [0.1, 0.15) is 5.78 Å². The summed E-state index contributed by atoms with van der Waals surface area (Å²) in [4.78, 5) is 17.2. The Morgan fingerprint density at radius 2 is 1.08 bits per heavy atom. The van der Waals surface area contributed by atoms with Crippen molar-refractivity contribution in [1.29, 1.82) is 10.5 Å². The van der Waals surface area contributed by atoms with Crippen LogP contribution in [0.2, 0.25) is 0 Å². The van der Waals surface area contributed by atoms with E-state index in [0.29, 0.717) is 47.8 Å². The van der Waals surface area contributed by atoms with Gasteiger partial charge in [0.25, 0.3) is 0 Å². The third-order valence-electron chi connectivity index (χ3n) is 17.8. The minimum atomic E-state index is -0.0493. The molecule has 50 heavy (non-hydrogen) atoms. The number of nitriles is 2. The van der Waals surface area contributed by atoms with Gasteiger partial charge in [0.15, 0.2) is 0 Å². The first kappa shape index (κ1) is 34.3. The van der Waals surface area contributed by atoms with E-state index in [0.717, 1.165) is 92.4 Å². The summed E-state index contributed by atoms with van der Waals surface area (Å²) in [6.45, 7) is 0. The first-order chi connectivity index (χ1) is 24.6. The van der Waals surface area contributed by atoms with Crippen LogP contribution in [0.25, 0.3) is 0 Å². The van der Waals surface area contributed by atoms with Crippen LogP contribution < -0.4 is 0 Å². The molecular formula is C45H67N3O2. The maximum Gasteiger partial charge on any atom is 0.139 e. The molecule has 0 N–H and O–H groups in total. The fraction of sp³-hybridized carbons (Fsp3) is 0.933. The standard InChI is InChI=1S/C45H67N3O2/c46-26-34-18-17-33(25-35(34)27-47)30-11-9-28(10-12-30)29-13-15-31(16-14-29)44(49)32-19-21-36(22-20-32)48-41-7-3-1-5-37(41)39-23-24-40-38-6-2-4-8-42(38)50-45(40)43(39)48/h28-43,45H,1-25H2. The van der Waals surface area contributed by atoms with E-state index >= 15 is 0 Å². The van der Waals surface area contributed by atoms with E-state index in [2.05, 4.69) is 17.0 Å². The van der Waals surface area contributed by atoms with Crippen LogP contribution in [0.15, 0.2) is 0 Å². The molecule has 2 aliphatic heterocycles. The third-order valence-corrected chi connectivity index (χ3v) is 17.8. The van der Waals surface area contributed by atoms with E-state index in [-0.39, 0.29) is 11.8 Å². The van der Waals surface area contributed by atoms with Gasteiger partial charge in [0.05, 0.1) is 36.2 Å². The molecule has 0 amide bonds. The molecule has 0 aromatic heterocycles. The Kier molecular flexibility index (Phi) is 10.1. The van der Waals surface area contributed by atoms with E-state index in [4.69, 9.17) is 4.74 Å². The molecule has 0 bridgehead atoms. The predicted octanol–water partition coefficient (Wildman–Crippen LogP) is 10.0. The van der Waals surface area contributed by atoms with Gasteiger partial charge in [-0.25, -0.2) is 0 Å². The second-order valence-electron chi connectivity index (χ2n) is 19.7.